The first kappa shape index (κ1) is 26.9. The van der Waals surface area contributed by atoms with Crippen LogP contribution >= 0.6 is 0 Å². The zero-order valence-electron chi connectivity index (χ0n) is 20.6. The molecule has 10 nitrogen and oxygen atoms in total. The van der Waals surface area contributed by atoms with Gasteiger partial charge in [-0.2, -0.15) is 0 Å². The molecule has 1 atom stereocenters. The number of carbonyl (C=O) groups excluding carboxylic acids is 4. The van der Waals surface area contributed by atoms with E-state index in [1.54, 1.807) is 36.1 Å². The van der Waals surface area contributed by atoms with Gasteiger partial charge in [0.15, 0.2) is 0 Å². The lowest BCUT2D eigenvalue weighted by atomic mass is 10.1. The summed E-state index contributed by atoms with van der Waals surface area (Å²) >= 11 is 0. The van der Waals surface area contributed by atoms with E-state index in [0.717, 1.165) is 6.42 Å². The summed E-state index contributed by atoms with van der Waals surface area (Å²) in [6, 6.07) is 5.09. The molecule has 4 amide bonds. The summed E-state index contributed by atoms with van der Waals surface area (Å²) in [6.07, 6.45) is 1.24. The molecular weight excluding hydrogens is 440 g/mol. The normalized spacial score (nSPS) is 15.1. The molecule has 1 saturated heterocycles. The molecule has 1 fully saturated rings. The predicted molar refractivity (Wildman–Crippen MR) is 128 cm³/mol. The largest absolute Gasteiger partial charge is 0.459 e. The van der Waals surface area contributed by atoms with E-state index in [1.807, 2.05) is 27.7 Å². The number of nitrogens with one attached hydrogen (secondary N) is 3. The maximum Gasteiger partial charge on any atom is 0.410 e. The Kier molecular flexibility index (Phi) is 9.70. The number of urea groups is 1. The van der Waals surface area contributed by atoms with E-state index in [9.17, 15) is 19.2 Å². The highest BCUT2D eigenvalue weighted by Gasteiger charge is 2.28. The summed E-state index contributed by atoms with van der Waals surface area (Å²) in [7, 11) is 0. The molecule has 1 aromatic carbocycles. The Morgan fingerprint density at radius 3 is 2.26 bits per heavy atom. The zero-order chi connectivity index (χ0) is 25.3. The Morgan fingerprint density at radius 2 is 1.71 bits per heavy atom. The second-order valence-electron chi connectivity index (χ2n) is 9.26. The average molecular weight is 477 g/mol. The molecule has 0 radical (unpaired) electrons. The first-order chi connectivity index (χ1) is 16.0. The van der Waals surface area contributed by atoms with Crippen LogP contribution < -0.4 is 16.0 Å². The molecule has 0 bridgehead atoms. The first-order valence-corrected chi connectivity index (χ1v) is 11.6. The van der Waals surface area contributed by atoms with Crippen LogP contribution in [0.2, 0.25) is 0 Å². The number of nitrogens with zero attached hydrogens (tertiary/aromatic N) is 1. The maximum atomic E-state index is 12.5. The van der Waals surface area contributed by atoms with Crippen molar-refractivity contribution < 1.29 is 28.7 Å². The number of benzene rings is 1. The van der Waals surface area contributed by atoms with Crippen molar-refractivity contribution in [2.45, 2.75) is 71.6 Å². The van der Waals surface area contributed by atoms with E-state index in [0.29, 0.717) is 43.7 Å². The number of rotatable bonds is 7. The van der Waals surface area contributed by atoms with Crippen LogP contribution in [0.4, 0.5) is 15.3 Å². The highest BCUT2D eigenvalue weighted by molar-refractivity contribution is 5.94. The fraction of sp³-hybridized carbons (Fsp3) is 0.583. The Balaban J connectivity index is 1.78. The van der Waals surface area contributed by atoms with Crippen molar-refractivity contribution in [2.24, 2.45) is 0 Å². The number of piperidine rings is 1. The van der Waals surface area contributed by atoms with Crippen molar-refractivity contribution in [1.82, 2.24) is 15.5 Å². The molecule has 0 unspecified atom stereocenters. The molecule has 2 rings (SSSR count). The van der Waals surface area contributed by atoms with Gasteiger partial charge >= 0.3 is 18.1 Å². The number of esters is 1. The highest BCUT2D eigenvalue weighted by atomic mass is 16.6. The van der Waals surface area contributed by atoms with Crippen molar-refractivity contribution in [2.75, 3.05) is 25.0 Å². The number of hydrogen-bond acceptors (Lipinski definition) is 6. The SMILES string of the molecule is CCCNC(=O)[C@H](C)NC(=O)Nc1ccc(C(=O)OC2CCN(C(=O)OC(C)(C)C)CC2)cc1. The summed E-state index contributed by atoms with van der Waals surface area (Å²) < 4.78 is 11.0. The molecule has 0 spiro atoms. The van der Waals surface area contributed by atoms with E-state index in [-0.39, 0.29) is 18.1 Å². The van der Waals surface area contributed by atoms with Gasteiger partial charge in [-0.25, -0.2) is 14.4 Å². The van der Waals surface area contributed by atoms with Crippen molar-refractivity contribution in [3.8, 4) is 0 Å². The molecule has 0 aromatic heterocycles. The van der Waals surface area contributed by atoms with Gasteiger partial charge in [-0.15, -0.1) is 0 Å². The molecule has 0 aliphatic carbocycles. The highest BCUT2D eigenvalue weighted by Crippen LogP contribution is 2.19. The summed E-state index contributed by atoms with van der Waals surface area (Å²) in [5, 5.41) is 7.91. The molecule has 0 saturated carbocycles. The van der Waals surface area contributed by atoms with Gasteiger partial charge in [-0.05, 0) is 58.4 Å². The average Bonchev–Trinajstić information content (AvgIpc) is 2.77. The van der Waals surface area contributed by atoms with Gasteiger partial charge in [-0.3, -0.25) is 4.79 Å². The molecule has 1 aliphatic heterocycles. The maximum absolute atomic E-state index is 12.5. The summed E-state index contributed by atoms with van der Waals surface area (Å²) in [5.74, 6) is -0.722. The lowest BCUT2D eigenvalue weighted by Crippen LogP contribution is -2.46. The van der Waals surface area contributed by atoms with Gasteiger partial charge in [0.1, 0.15) is 17.7 Å². The molecule has 34 heavy (non-hydrogen) atoms. The molecule has 1 heterocycles. The number of amides is 4. The second kappa shape index (κ2) is 12.2. The van der Waals surface area contributed by atoms with E-state index in [2.05, 4.69) is 16.0 Å². The van der Waals surface area contributed by atoms with E-state index in [4.69, 9.17) is 9.47 Å². The van der Waals surface area contributed by atoms with Gasteiger partial charge in [0, 0.05) is 38.2 Å². The summed E-state index contributed by atoms with van der Waals surface area (Å²) in [5.41, 5.74) is 0.276. The molecule has 1 aliphatic rings. The molecule has 1 aromatic rings. The lowest BCUT2D eigenvalue weighted by Gasteiger charge is -2.33. The number of ether oxygens (including phenoxy) is 2. The van der Waals surface area contributed by atoms with Crippen LogP contribution in [-0.2, 0) is 14.3 Å². The fourth-order valence-corrected chi connectivity index (χ4v) is 3.22. The van der Waals surface area contributed by atoms with Crippen LogP contribution in [0.5, 0.6) is 0 Å². The zero-order valence-corrected chi connectivity index (χ0v) is 20.6. The van der Waals surface area contributed by atoms with Crippen molar-refractivity contribution in [1.29, 1.82) is 0 Å². The van der Waals surface area contributed by atoms with Crippen LogP contribution in [0.25, 0.3) is 0 Å². The first-order valence-electron chi connectivity index (χ1n) is 11.6. The van der Waals surface area contributed by atoms with Crippen molar-refractivity contribution >= 4 is 29.7 Å². The van der Waals surface area contributed by atoms with Crippen molar-refractivity contribution in [3.05, 3.63) is 29.8 Å². The van der Waals surface area contributed by atoms with Gasteiger partial charge in [0.05, 0.1) is 5.56 Å². The van der Waals surface area contributed by atoms with E-state index < -0.39 is 23.6 Å². The molecule has 188 valence electrons. The predicted octanol–water partition coefficient (Wildman–Crippen LogP) is 3.28. The Morgan fingerprint density at radius 1 is 1.09 bits per heavy atom. The summed E-state index contributed by atoms with van der Waals surface area (Å²) in [4.78, 5) is 50.2. The Bertz CT molecular complexity index is 857. The standard InChI is InChI=1S/C24H36N4O6/c1-6-13-25-20(29)16(2)26-22(31)27-18-9-7-17(8-10-18)21(30)33-19-11-14-28(15-12-19)23(32)34-24(3,4)5/h7-10,16,19H,6,11-15H2,1-5H3,(H,25,29)(H2,26,27,31)/t16-/m0/s1. The van der Waals surface area contributed by atoms with Crippen molar-refractivity contribution in [3.63, 3.8) is 0 Å². The van der Waals surface area contributed by atoms with Gasteiger partial charge in [-0.1, -0.05) is 6.92 Å². The number of carbonyl (C=O) groups is 4. The van der Waals surface area contributed by atoms with Crippen LogP contribution in [-0.4, -0.2) is 66.3 Å². The van der Waals surface area contributed by atoms with E-state index in [1.165, 1.54) is 0 Å². The lowest BCUT2D eigenvalue weighted by molar-refractivity contribution is -0.122. The monoisotopic (exact) mass is 476 g/mol. The third-order valence-electron chi connectivity index (χ3n) is 5.04. The fourth-order valence-electron chi connectivity index (χ4n) is 3.22. The van der Waals surface area contributed by atoms with E-state index >= 15 is 0 Å². The number of likely N-dealkylation sites (tertiary alicyclic amines) is 1. The summed E-state index contributed by atoms with van der Waals surface area (Å²) in [6.45, 7) is 10.5. The Labute approximate surface area is 200 Å². The van der Waals surface area contributed by atoms with Crippen LogP contribution in [0, 0.1) is 0 Å². The number of anilines is 1. The van der Waals surface area contributed by atoms with Crippen LogP contribution in [0.1, 0.15) is 64.2 Å². The minimum atomic E-state index is -0.678. The van der Waals surface area contributed by atoms with Gasteiger partial charge in [0.2, 0.25) is 5.91 Å². The second-order valence-corrected chi connectivity index (χ2v) is 9.26. The van der Waals surface area contributed by atoms with Crippen LogP contribution in [0.3, 0.4) is 0 Å². The quantitative estimate of drug-likeness (QED) is 0.519. The third kappa shape index (κ3) is 8.92. The third-order valence-corrected chi connectivity index (χ3v) is 5.04. The Hall–Kier alpha value is -3.30. The minimum Gasteiger partial charge on any atom is -0.459 e. The minimum absolute atomic E-state index is 0.257. The smallest absolute Gasteiger partial charge is 0.410 e. The van der Waals surface area contributed by atoms with Gasteiger partial charge < -0.3 is 30.3 Å². The van der Waals surface area contributed by atoms with Gasteiger partial charge in [0.25, 0.3) is 0 Å². The molecule has 3 N–H and O–H groups in total. The molecular formula is C24H36N4O6. The van der Waals surface area contributed by atoms with Crippen LogP contribution in [0.15, 0.2) is 24.3 Å². The molecule has 10 heteroatoms. The topological polar surface area (TPSA) is 126 Å². The number of hydrogen-bond donors (Lipinski definition) is 3.